The van der Waals surface area contributed by atoms with Gasteiger partial charge in [0, 0.05) is 17.5 Å². The standard InChI is InChI=1S/C10H14N2OS2/c11-9(14)3-1-2-5-12-10(13)8-4-6-15-7-8/h4,6-7H,1-3,5H2,(H2,11,14)(H,12,13). The molecule has 0 aromatic carbocycles. The summed E-state index contributed by atoms with van der Waals surface area (Å²) < 4.78 is 0. The molecule has 15 heavy (non-hydrogen) atoms. The van der Waals surface area contributed by atoms with E-state index in [2.05, 4.69) is 5.32 Å². The molecule has 3 nitrogen and oxygen atoms in total. The highest BCUT2D eigenvalue weighted by atomic mass is 32.1. The maximum absolute atomic E-state index is 11.4. The number of nitrogens with one attached hydrogen (secondary N) is 1. The Hall–Kier alpha value is -0.940. The lowest BCUT2D eigenvalue weighted by Crippen LogP contribution is -2.24. The third-order valence-corrected chi connectivity index (χ3v) is 2.81. The van der Waals surface area contributed by atoms with Crippen LogP contribution in [0, 0.1) is 0 Å². The van der Waals surface area contributed by atoms with Crippen molar-refractivity contribution in [1.29, 1.82) is 0 Å². The Morgan fingerprint density at radius 2 is 2.33 bits per heavy atom. The van der Waals surface area contributed by atoms with Crippen LogP contribution in [0.3, 0.4) is 0 Å². The van der Waals surface area contributed by atoms with Gasteiger partial charge in [-0.2, -0.15) is 11.3 Å². The van der Waals surface area contributed by atoms with E-state index in [0.717, 1.165) is 24.8 Å². The quantitative estimate of drug-likeness (QED) is 0.592. The molecule has 0 bridgehead atoms. The van der Waals surface area contributed by atoms with Gasteiger partial charge in [-0.15, -0.1) is 0 Å². The fourth-order valence-electron chi connectivity index (χ4n) is 1.12. The van der Waals surface area contributed by atoms with E-state index in [1.807, 2.05) is 16.8 Å². The smallest absolute Gasteiger partial charge is 0.252 e. The van der Waals surface area contributed by atoms with Crippen molar-refractivity contribution in [3.63, 3.8) is 0 Å². The Bertz CT molecular complexity index is 322. The molecule has 0 fully saturated rings. The van der Waals surface area contributed by atoms with E-state index in [-0.39, 0.29) is 5.91 Å². The van der Waals surface area contributed by atoms with Crippen LogP contribution in [0.5, 0.6) is 0 Å². The molecule has 0 aliphatic rings. The number of unbranched alkanes of at least 4 members (excludes halogenated alkanes) is 1. The number of nitrogens with two attached hydrogens (primary N) is 1. The van der Waals surface area contributed by atoms with Gasteiger partial charge in [0.1, 0.15) is 0 Å². The minimum Gasteiger partial charge on any atom is -0.393 e. The first-order chi connectivity index (χ1) is 7.20. The molecule has 1 heterocycles. The van der Waals surface area contributed by atoms with E-state index in [4.69, 9.17) is 18.0 Å². The van der Waals surface area contributed by atoms with Crippen molar-refractivity contribution in [2.45, 2.75) is 19.3 Å². The molecule has 0 aliphatic heterocycles. The average molecular weight is 242 g/mol. The first kappa shape index (κ1) is 12.1. The predicted octanol–water partition coefficient (Wildman–Crippen LogP) is 1.93. The number of carbonyl (C=O) groups excluding carboxylic acids is 1. The zero-order valence-corrected chi connectivity index (χ0v) is 10.00. The van der Waals surface area contributed by atoms with Gasteiger partial charge in [0.15, 0.2) is 0 Å². The average Bonchev–Trinajstić information content (AvgIpc) is 2.69. The fourth-order valence-corrected chi connectivity index (χ4v) is 1.90. The van der Waals surface area contributed by atoms with Gasteiger partial charge in [0.2, 0.25) is 0 Å². The Balaban J connectivity index is 2.10. The van der Waals surface area contributed by atoms with Crippen molar-refractivity contribution in [2.75, 3.05) is 6.54 Å². The largest absolute Gasteiger partial charge is 0.393 e. The van der Waals surface area contributed by atoms with Gasteiger partial charge in [-0.05, 0) is 30.7 Å². The molecular formula is C10H14N2OS2. The summed E-state index contributed by atoms with van der Waals surface area (Å²) in [5.41, 5.74) is 6.09. The Morgan fingerprint density at radius 3 is 2.93 bits per heavy atom. The van der Waals surface area contributed by atoms with Gasteiger partial charge in [-0.1, -0.05) is 12.2 Å². The molecule has 5 heteroatoms. The number of thiophene rings is 1. The van der Waals surface area contributed by atoms with E-state index < -0.39 is 0 Å². The van der Waals surface area contributed by atoms with Crippen LogP contribution in [0.2, 0.25) is 0 Å². The van der Waals surface area contributed by atoms with Crippen LogP contribution >= 0.6 is 23.6 Å². The lowest BCUT2D eigenvalue weighted by molar-refractivity contribution is 0.0953. The summed E-state index contributed by atoms with van der Waals surface area (Å²) in [5.74, 6) is -0.00780. The van der Waals surface area contributed by atoms with Crippen LogP contribution in [0.4, 0.5) is 0 Å². The minimum absolute atomic E-state index is 0.00780. The van der Waals surface area contributed by atoms with Crippen molar-refractivity contribution >= 4 is 34.5 Å². The lowest BCUT2D eigenvalue weighted by atomic mass is 10.2. The SMILES string of the molecule is NC(=S)CCCCNC(=O)c1ccsc1. The van der Waals surface area contributed by atoms with Crippen molar-refractivity contribution in [2.24, 2.45) is 5.73 Å². The Morgan fingerprint density at radius 1 is 1.53 bits per heavy atom. The summed E-state index contributed by atoms with van der Waals surface area (Å²) in [7, 11) is 0. The molecular weight excluding hydrogens is 228 g/mol. The van der Waals surface area contributed by atoms with E-state index in [1.165, 1.54) is 11.3 Å². The first-order valence-corrected chi connectivity index (χ1v) is 6.14. The minimum atomic E-state index is -0.00780. The number of rotatable bonds is 6. The second-order valence-electron chi connectivity index (χ2n) is 3.19. The molecule has 0 unspecified atom stereocenters. The van der Waals surface area contributed by atoms with Gasteiger partial charge >= 0.3 is 0 Å². The molecule has 0 atom stereocenters. The van der Waals surface area contributed by atoms with Crippen LogP contribution < -0.4 is 11.1 Å². The summed E-state index contributed by atoms with van der Waals surface area (Å²) in [5, 5.41) is 6.57. The van der Waals surface area contributed by atoms with E-state index in [1.54, 1.807) is 0 Å². The molecule has 1 aromatic heterocycles. The number of amides is 1. The highest BCUT2D eigenvalue weighted by Gasteiger charge is 2.03. The van der Waals surface area contributed by atoms with E-state index >= 15 is 0 Å². The van der Waals surface area contributed by atoms with Crippen molar-refractivity contribution in [3.05, 3.63) is 22.4 Å². The normalized spacial score (nSPS) is 9.87. The monoisotopic (exact) mass is 242 g/mol. The van der Waals surface area contributed by atoms with Crippen LogP contribution in [0.1, 0.15) is 29.6 Å². The number of hydrogen-bond donors (Lipinski definition) is 2. The van der Waals surface area contributed by atoms with Crippen molar-refractivity contribution < 1.29 is 4.79 Å². The third-order valence-electron chi connectivity index (χ3n) is 1.92. The zero-order chi connectivity index (χ0) is 11.1. The number of carbonyl (C=O) groups is 1. The molecule has 0 aliphatic carbocycles. The fraction of sp³-hybridized carbons (Fsp3) is 0.400. The van der Waals surface area contributed by atoms with Gasteiger partial charge in [0.25, 0.3) is 5.91 Å². The molecule has 0 spiro atoms. The molecule has 1 aromatic rings. The first-order valence-electron chi connectivity index (χ1n) is 4.79. The van der Waals surface area contributed by atoms with Crippen molar-refractivity contribution in [1.82, 2.24) is 5.32 Å². The lowest BCUT2D eigenvalue weighted by Gasteiger charge is -2.03. The molecule has 0 saturated heterocycles. The molecule has 3 N–H and O–H groups in total. The highest BCUT2D eigenvalue weighted by molar-refractivity contribution is 7.80. The van der Waals surface area contributed by atoms with E-state index in [9.17, 15) is 4.79 Å². The maximum atomic E-state index is 11.4. The second-order valence-corrected chi connectivity index (χ2v) is 4.50. The summed E-state index contributed by atoms with van der Waals surface area (Å²) in [6.45, 7) is 0.678. The summed E-state index contributed by atoms with van der Waals surface area (Å²) >= 11 is 6.27. The van der Waals surface area contributed by atoms with E-state index in [0.29, 0.717) is 11.5 Å². The predicted molar refractivity (Wildman–Crippen MR) is 67.3 cm³/mol. The van der Waals surface area contributed by atoms with Crippen LogP contribution in [0.15, 0.2) is 16.8 Å². The van der Waals surface area contributed by atoms with Gasteiger partial charge in [-0.25, -0.2) is 0 Å². The zero-order valence-electron chi connectivity index (χ0n) is 8.36. The van der Waals surface area contributed by atoms with Crippen LogP contribution in [0.25, 0.3) is 0 Å². The summed E-state index contributed by atoms with van der Waals surface area (Å²) in [6.07, 6.45) is 2.59. The van der Waals surface area contributed by atoms with Gasteiger partial charge < -0.3 is 11.1 Å². The van der Waals surface area contributed by atoms with Crippen molar-refractivity contribution in [3.8, 4) is 0 Å². The third kappa shape index (κ3) is 4.90. The number of thiocarbonyl (C=S) groups is 1. The topological polar surface area (TPSA) is 55.1 Å². The number of hydrogen-bond acceptors (Lipinski definition) is 3. The highest BCUT2D eigenvalue weighted by Crippen LogP contribution is 2.05. The van der Waals surface area contributed by atoms with Crippen LogP contribution in [-0.4, -0.2) is 17.4 Å². The Labute approximate surface area is 98.7 Å². The molecule has 1 rings (SSSR count). The second kappa shape index (κ2) is 6.53. The maximum Gasteiger partial charge on any atom is 0.252 e. The summed E-state index contributed by atoms with van der Waals surface area (Å²) in [4.78, 5) is 12.0. The Kier molecular flexibility index (Phi) is 5.28. The molecule has 0 radical (unpaired) electrons. The molecule has 82 valence electrons. The van der Waals surface area contributed by atoms with Gasteiger partial charge in [0.05, 0.1) is 4.99 Å². The molecule has 1 amide bonds. The summed E-state index contributed by atoms with van der Waals surface area (Å²) in [6, 6.07) is 1.81. The molecule has 0 saturated carbocycles. The van der Waals surface area contributed by atoms with Crippen LogP contribution in [-0.2, 0) is 0 Å². The van der Waals surface area contributed by atoms with Gasteiger partial charge in [-0.3, -0.25) is 4.79 Å².